The van der Waals surface area contributed by atoms with Crippen LogP contribution in [0.1, 0.15) is 52.0 Å². The second-order valence-corrected chi connectivity index (χ2v) is 3.70. The Bertz CT molecular complexity index is 416. The lowest BCUT2D eigenvalue weighted by Gasteiger charge is -1.87. The van der Waals surface area contributed by atoms with Crippen LogP contribution in [0.25, 0.3) is 11.1 Å². The third kappa shape index (κ3) is 5.53. The number of benzene rings is 1. The van der Waals surface area contributed by atoms with Gasteiger partial charge in [0.2, 0.25) is 0 Å². The number of aromatic nitrogens is 1. The molecule has 17 heavy (non-hydrogen) atoms. The van der Waals surface area contributed by atoms with Gasteiger partial charge in [-0.2, -0.15) is 0 Å². The Morgan fingerprint density at radius 1 is 1.06 bits per heavy atom. The van der Waals surface area contributed by atoms with E-state index < -0.39 is 0 Å². The number of rotatable bonds is 1. The predicted octanol–water partition coefficient (Wildman–Crippen LogP) is 5.28. The zero-order valence-corrected chi connectivity index (χ0v) is 12.0. The predicted molar refractivity (Wildman–Crippen MR) is 75.4 cm³/mol. The molecule has 0 aliphatic rings. The Morgan fingerprint density at radius 2 is 1.65 bits per heavy atom. The van der Waals surface area contributed by atoms with Crippen LogP contribution in [0.3, 0.4) is 0 Å². The van der Waals surface area contributed by atoms with Gasteiger partial charge in [0.15, 0.2) is 11.5 Å². The van der Waals surface area contributed by atoms with Crippen LogP contribution in [0.4, 0.5) is 0 Å². The van der Waals surface area contributed by atoms with Crippen molar-refractivity contribution in [1.82, 2.24) is 4.98 Å². The average Bonchev–Trinajstić information content (AvgIpc) is 2.71. The zero-order chi connectivity index (χ0) is 13.3. The zero-order valence-electron chi connectivity index (χ0n) is 12.0. The SMILES string of the molecule is CC.CCCC.Cc1ccc2nc(C)oc2c1. The number of fused-ring (bicyclic) bond motifs is 1. The van der Waals surface area contributed by atoms with Crippen molar-refractivity contribution in [2.24, 2.45) is 0 Å². The summed E-state index contributed by atoms with van der Waals surface area (Å²) in [5.74, 6) is 0.727. The molecule has 0 saturated heterocycles. The molecule has 0 atom stereocenters. The molecule has 0 aliphatic heterocycles. The lowest BCUT2D eigenvalue weighted by molar-refractivity contribution is 0.561. The fraction of sp³-hybridized carbons (Fsp3) is 0.533. The number of hydrogen-bond acceptors (Lipinski definition) is 2. The first-order valence-corrected chi connectivity index (χ1v) is 6.51. The maximum atomic E-state index is 5.34. The van der Waals surface area contributed by atoms with E-state index in [0.717, 1.165) is 17.0 Å². The number of nitrogens with zero attached hydrogens (tertiary/aromatic N) is 1. The third-order valence-corrected chi connectivity index (χ3v) is 2.15. The van der Waals surface area contributed by atoms with Gasteiger partial charge in [0.1, 0.15) is 5.52 Å². The van der Waals surface area contributed by atoms with Crippen LogP contribution in [-0.4, -0.2) is 4.98 Å². The molecule has 0 saturated carbocycles. The first-order chi connectivity index (χ1) is 8.17. The molecule has 0 bridgehead atoms. The molecule has 2 heteroatoms. The molecule has 0 spiro atoms. The van der Waals surface area contributed by atoms with Crippen molar-refractivity contribution in [3.63, 3.8) is 0 Å². The summed E-state index contributed by atoms with van der Waals surface area (Å²) in [5.41, 5.74) is 3.02. The molecule has 0 amide bonds. The summed E-state index contributed by atoms with van der Waals surface area (Å²) in [6.07, 6.45) is 2.64. The summed E-state index contributed by atoms with van der Waals surface area (Å²) in [7, 11) is 0. The Balaban J connectivity index is 0.000000368. The Hall–Kier alpha value is -1.31. The lowest BCUT2D eigenvalue weighted by Crippen LogP contribution is -1.70. The van der Waals surface area contributed by atoms with E-state index in [9.17, 15) is 0 Å². The lowest BCUT2D eigenvalue weighted by atomic mass is 10.2. The van der Waals surface area contributed by atoms with Crippen LogP contribution < -0.4 is 0 Å². The molecule has 2 rings (SSSR count). The van der Waals surface area contributed by atoms with Gasteiger partial charge < -0.3 is 4.42 Å². The van der Waals surface area contributed by atoms with Gasteiger partial charge in [-0.3, -0.25) is 0 Å². The van der Waals surface area contributed by atoms with E-state index in [-0.39, 0.29) is 0 Å². The highest BCUT2D eigenvalue weighted by Gasteiger charge is 1.99. The summed E-state index contributed by atoms with van der Waals surface area (Å²) in [6.45, 7) is 12.3. The Morgan fingerprint density at radius 3 is 2.18 bits per heavy atom. The van der Waals surface area contributed by atoms with Crippen LogP contribution in [0.15, 0.2) is 22.6 Å². The van der Waals surface area contributed by atoms with Crippen LogP contribution in [-0.2, 0) is 0 Å². The summed E-state index contributed by atoms with van der Waals surface area (Å²) in [5, 5.41) is 0. The van der Waals surface area contributed by atoms with E-state index >= 15 is 0 Å². The van der Waals surface area contributed by atoms with Gasteiger partial charge in [0.05, 0.1) is 0 Å². The van der Waals surface area contributed by atoms with E-state index in [4.69, 9.17) is 4.42 Å². The number of unbranched alkanes of at least 4 members (excludes halogenated alkanes) is 1. The van der Waals surface area contributed by atoms with Crippen LogP contribution in [0.5, 0.6) is 0 Å². The Kier molecular flexibility index (Phi) is 8.12. The van der Waals surface area contributed by atoms with Gasteiger partial charge in [-0.25, -0.2) is 4.98 Å². The number of oxazole rings is 1. The molecular weight excluding hydrogens is 210 g/mol. The molecule has 96 valence electrons. The van der Waals surface area contributed by atoms with Gasteiger partial charge in [0.25, 0.3) is 0 Å². The van der Waals surface area contributed by atoms with Crippen LogP contribution >= 0.6 is 0 Å². The minimum Gasteiger partial charge on any atom is -0.441 e. The van der Waals surface area contributed by atoms with Gasteiger partial charge in [-0.1, -0.05) is 46.6 Å². The summed E-state index contributed by atoms with van der Waals surface area (Å²) < 4.78 is 5.34. The van der Waals surface area contributed by atoms with Gasteiger partial charge in [0, 0.05) is 6.92 Å². The van der Waals surface area contributed by atoms with E-state index in [2.05, 4.69) is 18.8 Å². The van der Waals surface area contributed by atoms with Crippen molar-refractivity contribution in [1.29, 1.82) is 0 Å². The summed E-state index contributed by atoms with van der Waals surface area (Å²) in [4.78, 5) is 4.19. The minimum atomic E-state index is 0.727. The molecule has 0 fully saturated rings. The van der Waals surface area contributed by atoms with Gasteiger partial charge in [-0.05, 0) is 24.6 Å². The second-order valence-electron chi connectivity index (χ2n) is 3.70. The van der Waals surface area contributed by atoms with Gasteiger partial charge in [-0.15, -0.1) is 0 Å². The quantitative estimate of drug-likeness (QED) is 0.672. The monoisotopic (exact) mass is 235 g/mol. The highest BCUT2D eigenvalue weighted by atomic mass is 16.3. The van der Waals surface area contributed by atoms with E-state index in [1.165, 1.54) is 18.4 Å². The highest BCUT2D eigenvalue weighted by Crippen LogP contribution is 2.15. The standard InChI is InChI=1S/C9H9NO.C4H10.C2H6/c1-6-3-4-8-9(5-6)11-7(2)10-8;1-3-4-2;1-2/h3-5H,1-2H3;3-4H2,1-2H3;1-2H3. The molecule has 2 aromatic rings. The maximum Gasteiger partial charge on any atom is 0.192 e. The molecule has 0 unspecified atom stereocenters. The smallest absolute Gasteiger partial charge is 0.192 e. The average molecular weight is 235 g/mol. The van der Waals surface area contributed by atoms with Crippen molar-refractivity contribution in [3.8, 4) is 0 Å². The summed E-state index contributed by atoms with van der Waals surface area (Å²) in [6, 6.07) is 6.00. The molecule has 1 aromatic carbocycles. The largest absolute Gasteiger partial charge is 0.441 e. The van der Waals surface area contributed by atoms with Crippen LogP contribution in [0, 0.1) is 13.8 Å². The fourth-order valence-electron chi connectivity index (χ4n) is 1.15. The first kappa shape index (κ1) is 15.7. The number of hydrogen-bond donors (Lipinski definition) is 0. The van der Waals surface area contributed by atoms with E-state index in [1.54, 1.807) is 0 Å². The highest BCUT2D eigenvalue weighted by molar-refractivity contribution is 5.73. The molecule has 1 aromatic heterocycles. The van der Waals surface area contributed by atoms with Crippen LogP contribution in [0.2, 0.25) is 0 Å². The molecule has 0 aliphatic carbocycles. The molecular formula is C15H25NO. The molecule has 0 N–H and O–H groups in total. The van der Waals surface area contributed by atoms with Crippen molar-refractivity contribution >= 4 is 11.1 Å². The van der Waals surface area contributed by atoms with Crippen molar-refractivity contribution < 1.29 is 4.42 Å². The van der Waals surface area contributed by atoms with Crippen molar-refractivity contribution in [2.45, 2.75) is 54.4 Å². The number of aryl methyl sites for hydroxylation is 2. The van der Waals surface area contributed by atoms with E-state index in [0.29, 0.717) is 0 Å². The molecule has 0 radical (unpaired) electrons. The second kappa shape index (κ2) is 8.80. The van der Waals surface area contributed by atoms with E-state index in [1.807, 2.05) is 45.9 Å². The Labute approximate surface area is 105 Å². The maximum absolute atomic E-state index is 5.34. The fourth-order valence-corrected chi connectivity index (χ4v) is 1.15. The molecule has 1 heterocycles. The first-order valence-electron chi connectivity index (χ1n) is 6.51. The summed E-state index contributed by atoms with van der Waals surface area (Å²) >= 11 is 0. The normalized spacial score (nSPS) is 9.06. The third-order valence-electron chi connectivity index (χ3n) is 2.15. The van der Waals surface area contributed by atoms with Crippen molar-refractivity contribution in [2.75, 3.05) is 0 Å². The molecule has 2 nitrogen and oxygen atoms in total. The minimum absolute atomic E-state index is 0.727. The van der Waals surface area contributed by atoms with Gasteiger partial charge >= 0.3 is 0 Å². The van der Waals surface area contributed by atoms with Crippen molar-refractivity contribution in [3.05, 3.63) is 29.7 Å². The topological polar surface area (TPSA) is 26.0 Å².